The molecule has 2 aromatic heterocycles. The Bertz CT molecular complexity index is 881. The number of nitrogens with one attached hydrogen (secondary N) is 2. The molecule has 0 spiro atoms. The molecule has 0 saturated heterocycles. The number of ether oxygens (including phenoxy) is 2. The van der Waals surface area contributed by atoms with Crippen LogP contribution in [0.5, 0.6) is 0 Å². The number of aryl methyl sites for hydroxylation is 1. The van der Waals surface area contributed by atoms with E-state index in [1.807, 2.05) is 13.8 Å². The van der Waals surface area contributed by atoms with Gasteiger partial charge in [-0.2, -0.15) is 5.10 Å². The van der Waals surface area contributed by atoms with Crippen molar-refractivity contribution in [2.45, 2.75) is 53.7 Å². The average Bonchev–Trinajstić information content (AvgIpc) is 3.19. The van der Waals surface area contributed by atoms with Crippen LogP contribution in [0.2, 0.25) is 0 Å². The predicted molar refractivity (Wildman–Crippen MR) is 102 cm³/mol. The van der Waals surface area contributed by atoms with Gasteiger partial charge in [-0.05, 0) is 47.1 Å². The van der Waals surface area contributed by atoms with Crippen molar-refractivity contribution >= 4 is 23.7 Å². The number of hydrogen-bond donors (Lipinski definition) is 2. The first-order chi connectivity index (χ1) is 13.2. The van der Waals surface area contributed by atoms with Crippen LogP contribution < -0.4 is 5.32 Å². The fraction of sp³-hybridized carbons (Fsp3) is 0.474. The number of amides is 1. The number of esters is 2. The van der Waals surface area contributed by atoms with Gasteiger partial charge in [0.1, 0.15) is 11.5 Å². The molecule has 0 saturated carbocycles. The predicted octanol–water partition coefficient (Wildman–Crippen LogP) is 2.77. The van der Waals surface area contributed by atoms with Crippen molar-refractivity contribution in [1.29, 1.82) is 0 Å². The number of rotatable bonds is 7. The first kappa shape index (κ1) is 21.2. The summed E-state index contributed by atoms with van der Waals surface area (Å²) in [4.78, 5) is 39.8. The SMILES string of the molecule is CCOC(=O)c1c(C)[nH]c(C(=O)O[C@@H](C)C(=O)Nc2ccnn2C(C)C)c1C. The topological polar surface area (TPSA) is 115 Å². The summed E-state index contributed by atoms with van der Waals surface area (Å²) in [6.45, 7) is 10.6. The molecule has 2 rings (SSSR count). The molecule has 9 heteroatoms. The maximum Gasteiger partial charge on any atom is 0.355 e. The van der Waals surface area contributed by atoms with Gasteiger partial charge in [0.2, 0.25) is 0 Å². The lowest BCUT2D eigenvalue weighted by Gasteiger charge is -2.15. The van der Waals surface area contributed by atoms with Crippen LogP contribution in [0.25, 0.3) is 0 Å². The van der Waals surface area contributed by atoms with E-state index in [-0.39, 0.29) is 18.3 Å². The number of carbonyl (C=O) groups excluding carboxylic acids is 3. The van der Waals surface area contributed by atoms with Crippen LogP contribution in [0.3, 0.4) is 0 Å². The Morgan fingerprint density at radius 1 is 1.21 bits per heavy atom. The van der Waals surface area contributed by atoms with Gasteiger partial charge in [-0.1, -0.05) is 0 Å². The second kappa shape index (κ2) is 8.73. The smallest absolute Gasteiger partial charge is 0.355 e. The van der Waals surface area contributed by atoms with Crippen molar-refractivity contribution in [3.05, 3.63) is 34.8 Å². The summed E-state index contributed by atoms with van der Waals surface area (Å²) in [6.07, 6.45) is 0.533. The highest BCUT2D eigenvalue weighted by Gasteiger charge is 2.26. The summed E-state index contributed by atoms with van der Waals surface area (Å²) in [6, 6.07) is 1.73. The molecule has 2 aromatic rings. The Balaban J connectivity index is 2.10. The molecule has 0 aliphatic carbocycles. The number of nitrogens with zero attached hydrogens (tertiary/aromatic N) is 2. The Labute approximate surface area is 163 Å². The lowest BCUT2D eigenvalue weighted by atomic mass is 10.1. The number of anilines is 1. The Hall–Kier alpha value is -3.10. The Kier molecular flexibility index (Phi) is 6.61. The molecule has 0 aromatic carbocycles. The fourth-order valence-electron chi connectivity index (χ4n) is 2.79. The zero-order valence-electron chi connectivity index (χ0n) is 17.0. The molecule has 1 atom stereocenters. The third-order valence-electron chi connectivity index (χ3n) is 4.18. The average molecular weight is 390 g/mol. The number of carbonyl (C=O) groups is 3. The quantitative estimate of drug-likeness (QED) is 0.703. The Morgan fingerprint density at radius 2 is 1.89 bits per heavy atom. The van der Waals surface area contributed by atoms with Crippen molar-refractivity contribution in [3.63, 3.8) is 0 Å². The van der Waals surface area contributed by atoms with E-state index in [0.717, 1.165) is 0 Å². The van der Waals surface area contributed by atoms with Gasteiger partial charge >= 0.3 is 11.9 Å². The van der Waals surface area contributed by atoms with Crippen molar-refractivity contribution in [2.24, 2.45) is 0 Å². The maximum absolute atomic E-state index is 12.5. The third-order valence-corrected chi connectivity index (χ3v) is 4.18. The molecule has 152 valence electrons. The molecule has 1 amide bonds. The summed E-state index contributed by atoms with van der Waals surface area (Å²) >= 11 is 0. The van der Waals surface area contributed by atoms with Gasteiger partial charge in [0.15, 0.2) is 6.10 Å². The van der Waals surface area contributed by atoms with Gasteiger partial charge in [0, 0.05) is 17.8 Å². The van der Waals surface area contributed by atoms with Crippen LogP contribution in [0.4, 0.5) is 5.82 Å². The second-order valence-corrected chi connectivity index (χ2v) is 6.64. The van der Waals surface area contributed by atoms with Gasteiger partial charge in [-0.15, -0.1) is 0 Å². The van der Waals surface area contributed by atoms with Crippen LogP contribution in [-0.4, -0.2) is 45.3 Å². The standard InChI is InChI=1S/C19H26N4O5/c1-7-27-18(25)15-11(4)16(21-12(15)5)19(26)28-13(6)17(24)22-14-8-9-20-23(14)10(2)3/h8-10,13,21H,7H2,1-6H3,(H,22,24)/t13-/m0/s1. The van der Waals surface area contributed by atoms with Crippen LogP contribution in [0.1, 0.15) is 65.8 Å². The normalized spacial score (nSPS) is 12.0. The van der Waals surface area contributed by atoms with E-state index in [4.69, 9.17) is 9.47 Å². The monoisotopic (exact) mass is 390 g/mol. The van der Waals surface area contributed by atoms with Crippen LogP contribution in [-0.2, 0) is 14.3 Å². The molecule has 0 aliphatic heterocycles. The molecule has 0 fully saturated rings. The molecular formula is C19H26N4O5. The molecular weight excluding hydrogens is 364 g/mol. The highest BCUT2D eigenvalue weighted by molar-refractivity contribution is 6.00. The first-order valence-corrected chi connectivity index (χ1v) is 9.08. The van der Waals surface area contributed by atoms with Gasteiger partial charge < -0.3 is 19.8 Å². The van der Waals surface area contributed by atoms with Gasteiger partial charge in [-0.3, -0.25) is 4.79 Å². The molecule has 2 N–H and O–H groups in total. The van der Waals surface area contributed by atoms with E-state index in [2.05, 4.69) is 15.4 Å². The number of aromatic nitrogens is 3. The van der Waals surface area contributed by atoms with E-state index >= 15 is 0 Å². The first-order valence-electron chi connectivity index (χ1n) is 9.08. The summed E-state index contributed by atoms with van der Waals surface area (Å²) in [7, 11) is 0. The Morgan fingerprint density at radius 3 is 2.50 bits per heavy atom. The molecule has 0 unspecified atom stereocenters. The van der Waals surface area contributed by atoms with Crippen molar-refractivity contribution in [2.75, 3.05) is 11.9 Å². The van der Waals surface area contributed by atoms with Gasteiger partial charge in [0.05, 0.1) is 18.4 Å². The molecule has 2 heterocycles. The number of H-pyrrole nitrogens is 1. The minimum Gasteiger partial charge on any atom is -0.462 e. The zero-order chi connectivity index (χ0) is 21.0. The van der Waals surface area contributed by atoms with E-state index < -0.39 is 23.9 Å². The van der Waals surface area contributed by atoms with Crippen LogP contribution >= 0.6 is 0 Å². The number of hydrogen-bond acceptors (Lipinski definition) is 6. The summed E-state index contributed by atoms with van der Waals surface area (Å²) in [5.41, 5.74) is 1.34. The van der Waals surface area contributed by atoms with Crippen LogP contribution in [0.15, 0.2) is 12.3 Å². The van der Waals surface area contributed by atoms with Crippen LogP contribution in [0, 0.1) is 13.8 Å². The van der Waals surface area contributed by atoms with Crippen molar-refractivity contribution in [3.8, 4) is 0 Å². The minimum atomic E-state index is -1.04. The van der Waals surface area contributed by atoms with Crippen molar-refractivity contribution in [1.82, 2.24) is 14.8 Å². The second-order valence-electron chi connectivity index (χ2n) is 6.64. The lowest BCUT2D eigenvalue weighted by molar-refractivity contribution is -0.123. The minimum absolute atomic E-state index is 0.0639. The summed E-state index contributed by atoms with van der Waals surface area (Å²) < 4.78 is 11.9. The maximum atomic E-state index is 12.5. The zero-order valence-corrected chi connectivity index (χ0v) is 17.0. The van der Waals surface area contributed by atoms with Gasteiger partial charge in [-0.25, -0.2) is 14.3 Å². The van der Waals surface area contributed by atoms with E-state index in [1.165, 1.54) is 6.92 Å². The van der Waals surface area contributed by atoms with Gasteiger partial charge in [0.25, 0.3) is 5.91 Å². The third kappa shape index (κ3) is 4.41. The molecule has 0 aliphatic rings. The highest BCUT2D eigenvalue weighted by Crippen LogP contribution is 2.20. The summed E-state index contributed by atoms with van der Waals surface area (Å²) in [5, 5.41) is 6.83. The highest BCUT2D eigenvalue weighted by atomic mass is 16.5. The molecule has 9 nitrogen and oxygen atoms in total. The van der Waals surface area contributed by atoms with E-state index in [9.17, 15) is 14.4 Å². The largest absolute Gasteiger partial charge is 0.462 e. The number of aromatic amines is 1. The summed E-state index contributed by atoms with van der Waals surface area (Å²) in [5.74, 6) is -1.21. The van der Waals surface area contributed by atoms with E-state index in [0.29, 0.717) is 22.6 Å². The fourth-order valence-corrected chi connectivity index (χ4v) is 2.79. The van der Waals surface area contributed by atoms with E-state index in [1.54, 1.807) is 37.7 Å². The lowest BCUT2D eigenvalue weighted by Crippen LogP contribution is -2.31. The molecule has 0 radical (unpaired) electrons. The molecule has 0 bridgehead atoms. The molecule has 28 heavy (non-hydrogen) atoms. The van der Waals surface area contributed by atoms with Crippen molar-refractivity contribution < 1.29 is 23.9 Å².